The van der Waals surface area contributed by atoms with Gasteiger partial charge in [-0.3, -0.25) is 0 Å². The molecule has 20 heavy (non-hydrogen) atoms. The van der Waals surface area contributed by atoms with Crippen molar-refractivity contribution in [3.05, 3.63) is 55.3 Å². The van der Waals surface area contributed by atoms with E-state index < -0.39 is 0 Å². The van der Waals surface area contributed by atoms with Crippen LogP contribution in [0.5, 0.6) is 11.5 Å². The number of phenols is 1. The van der Waals surface area contributed by atoms with Crippen molar-refractivity contribution in [3.63, 3.8) is 0 Å². The molecule has 0 fully saturated rings. The molecule has 0 amide bonds. The quantitative estimate of drug-likeness (QED) is 0.813. The minimum atomic E-state index is 0.243. The number of aromatic nitrogens is 1. The monoisotopic (exact) mass is 273 g/mol. The van der Waals surface area contributed by atoms with Crippen LogP contribution in [0.15, 0.2) is 49.6 Å². The fourth-order valence-electron chi connectivity index (χ4n) is 1.59. The highest BCUT2D eigenvalue weighted by atomic mass is 16.5. The van der Waals surface area contributed by atoms with Gasteiger partial charge in [0.15, 0.2) is 0 Å². The minimum absolute atomic E-state index is 0.243. The number of aromatic hydroxyl groups is 1. The average molecular weight is 273 g/mol. The predicted molar refractivity (Wildman–Crippen MR) is 85.2 cm³/mol. The highest BCUT2D eigenvalue weighted by molar-refractivity contribution is 5.61. The Kier molecular flexibility index (Phi) is 8.51. The first-order valence-electron chi connectivity index (χ1n) is 6.52. The van der Waals surface area contributed by atoms with Gasteiger partial charge in [-0.2, -0.15) is 0 Å². The van der Waals surface area contributed by atoms with Gasteiger partial charge in [0.05, 0.1) is 18.5 Å². The van der Waals surface area contributed by atoms with Crippen LogP contribution in [-0.4, -0.2) is 17.2 Å². The largest absolute Gasteiger partial charge is 0.508 e. The zero-order valence-corrected chi connectivity index (χ0v) is 12.7. The average Bonchev–Trinajstić information content (AvgIpc) is 2.51. The fourth-order valence-corrected chi connectivity index (χ4v) is 1.59. The first-order valence-corrected chi connectivity index (χ1v) is 6.52. The van der Waals surface area contributed by atoms with Crippen LogP contribution in [0.1, 0.15) is 19.5 Å². The van der Waals surface area contributed by atoms with E-state index in [-0.39, 0.29) is 5.75 Å². The van der Waals surface area contributed by atoms with Crippen molar-refractivity contribution < 1.29 is 9.84 Å². The molecular weight excluding hydrogens is 250 g/mol. The van der Waals surface area contributed by atoms with Crippen LogP contribution in [0, 0.1) is 6.92 Å². The molecule has 1 N–H and O–H groups in total. The zero-order valence-electron chi connectivity index (χ0n) is 12.7. The van der Waals surface area contributed by atoms with Gasteiger partial charge in [-0.05, 0) is 31.2 Å². The lowest BCUT2D eigenvalue weighted by atomic mass is 10.1. The molecule has 3 heteroatoms. The van der Waals surface area contributed by atoms with Crippen molar-refractivity contribution in [1.29, 1.82) is 0 Å². The number of benzene rings is 1. The Morgan fingerprint density at radius 2 is 1.75 bits per heavy atom. The molecule has 0 spiro atoms. The number of pyridine rings is 1. The van der Waals surface area contributed by atoms with Gasteiger partial charge in [0.2, 0.25) is 0 Å². The van der Waals surface area contributed by atoms with E-state index in [0.717, 1.165) is 22.7 Å². The second kappa shape index (κ2) is 9.62. The van der Waals surface area contributed by atoms with Crippen molar-refractivity contribution in [2.75, 3.05) is 7.11 Å². The summed E-state index contributed by atoms with van der Waals surface area (Å²) in [6.07, 6.45) is 0. The summed E-state index contributed by atoms with van der Waals surface area (Å²) >= 11 is 0. The standard InChI is InChI=1S/C13H13NO2.C2H6.C2H4/c1-9-13(16-2)7-6-12(14-9)10-4-3-5-11(15)8-10;2*1-2/h3-8,15H,1-2H3;1-2H3;1-2H2. The van der Waals surface area contributed by atoms with Gasteiger partial charge in [0.25, 0.3) is 0 Å². The zero-order chi connectivity index (χ0) is 15.5. The summed E-state index contributed by atoms with van der Waals surface area (Å²) in [6.45, 7) is 11.9. The third kappa shape index (κ3) is 4.76. The Morgan fingerprint density at radius 1 is 1.10 bits per heavy atom. The van der Waals surface area contributed by atoms with E-state index in [9.17, 15) is 5.11 Å². The van der Waals surface area contributed by atoms with Crippen LogP contribution in [0.3, 0.4) is 0 Å². The van der Waals surface area contributed by atoms with E-state index in [1.807, 2.05) is 39.0 Å². The van der Waals surface area contributed by atoms with E-state index in [2.05, 4.69) is 18.1 Å². The van der Waals surface area contributed by atoms with Gasteiger partial charge in [-0.1, -0.05) is 26.0 Å². The van der Waals surface area contributed by atoms with Crippen molar-refractivity contribution in [2.45, 2.75) is 20.8 Å². The Balaban J connectivity index is 0.000000829. The predicted octanol–water partition coefficient (Wildman–Crippen LogP) is 4.60. The van der Waals surface area contributed by atoms with Crippen LogP contribution in [0.2, 0.25) is 0 Å². The second-order valence-electron chi connectivity index (χ2n) is 3.53. The van der Waals surface area contributed by atoms with E-state index >= 15 is 0 Å². The highest BCUT2D eigenvalue weighted by Crippen LogP contribution is 2.24. The van der Waals surface area contributed by atoms with Crippen LogP contribution in [0.4, 0.5) is 0 Å². The Hall–Kier alpha value is -2.29. The maximum atomic E-state index is 9.39. The summed E-state index contributed by atoms with van der Waals surface area (Å²) in [4.78, 5) is 4.42. The van der Waals surface area contributed by atoms with E-state index in [4.69, 9.17) is 4.74 Å². The smallest absolute Gasteiger partial charge is 0.140 e. The van der Waals surface area contributed by atoms with Gasteiger partial charge < -0.3 is 9.84 Å². The van der Waals surface area contributed by atoms with Crippen molar-refractivity contribution in [1.82, 2.24) is 4.98 Å². The Labute approximate surface area is 121 Å². The molecule has 0 saturated heterocycles. The number of methoxy groups -OCH3 is 1. The first kappa shape index (κ1) is 17.7. The number of ether oxygens (including phenoxy) is 1. The molecule has 0 radical (unpaired) electrons. The lowest BCUT2D eigenvalue weighted by molar-refractivity contribution is 0.409. The van der Waals surface area contributed by atoms with E-state index in [0.29, 0.717) is 0 Å². The summed E-state index contributed by atoms with van der Waals surface area (Å²) in [7, 11) is 1.62. The van der Waals surface area contributed by atoms with Crippen molar-refractivity contribution in [2.24, 2.45) is 0 Å². The molecule has 0 aliphatic heterocycles. The van der Waals surface area contributed by atoms with Gasteiger partial charge >= 0.3 is 0 Å². The first-order chi connectivity index (χ1) is 9.70. The van der Waals surface area contributed by atoms with Gasteiger partial charge in [-0.15, -0.1) is 13.2 Å². The van der Waals surface area contributed by atoms with Gasteiger partial charge in [-0.25, -0.2) is 4.98 Å². The number of hydrogen-bond acceptors (Lipinski definition) is 3. The molecule has 2 rings (SSSR count). The molecular formula is C17H23NO2. The molecule has 0 atom stereocenters. The molecule has 1 aromatic heterocycles. The normalized spacial score (nSPS) is 8.60. The Morgan fingerprint density at radius 3 is 2.25 bits per heavy atom. The van der Waals surface area contributed by atoms with Crippen LogP contribution in [0.25, 0.3) is 11.3 Å². The van der Waals surface area contributed by atoms with E-state index in [1.54, 1.807) is 25.3 Å². The lowest BCUT2D eigenvalue weighted by Gasteiger charge is -2.06. The molecule has 1 aromatic carbocycles. The molecule has 2 aromatic rings. The summed E-state index contributed by atoms with van der Waals surface area (Å²) < 4.78 is 5.15. The maximum Gasteiger partial charge on any atom is 0.140 e. The third-order valence-corrected chi connectivity index (χ3v) is 2.40. The Bertz CT molecular complexity index is 524. The third-order valence-electron chi connectivity index (χ3n) is 2.40. The summed E-state index contributed by atoms with van der Waals surface area (Å²) in [5.74, 6) is 1.01. The van der Waals surface area contributed by atoms with Crippen molar-refractivity contribution in [3.8, 4) is 22.8 Å². The van der Waals surface area contributed by atoms with Crippen LogP contribution >= 0.6 is 0 Å². The molecule has 0 aliphatic rings. The topological polar surface area (TPSA) is 42.4 Å². The molecule has 0 saturated carbocycles. The maximum absolute atomic E-state index is 9.39. The van der Waals surface area contributed by atoms with Crippen molar-refractivity contribution >= 4 is 0 Å². The minimum Gasteiger partial charge on any atom is -0.508 e. The number of phenolic OH excluding ortho intramolecular Hbond substituents is 1. The molecule has 3 nitrogen and oxygen atoms in total. The molecule has 0 bridgehead atoms. The molecule has 0 unspecified atom stereocenters. The highest BCUT2D eigenvalue weighted by Gasteiger charge is 2.04. The number of hydrogen-bond donors (Lipinski definition) is 1. The number of rotatable bonds is 2. The van der Waals surface area contributed by atoms with Gasteiger partial charge in [0.1, 0.15) is 11.5 Å². The fraction of sp³-hybridized carbons (Fsp3) is 0.235. The molecule has 108 valence electrons. The lowest BCUT2D eigenvalue weighted by Crippen LogP contribution is -1.92. The number of nitrogens with zero attached hydrogens (tertiary/aromatic N) is 1. The second-order valence-corrected chi connectivity index (χ2v) is 3.53. The molecule has 1 heterocycles. The summed E-state index contributed by atoms with van der Waals surface area (Å²) in [5.41, 5.74) is 2.56. The summed E-state index contributed by atoms with van der Waals surface area (Å²) in [6, 6.07) is 10.8. The summed E-state index contributed by atoms with van der Waals surface area (Å²) in [5, 5.41) is 9.39. The van der Waals surface area contributed by atoms with Gasteiger partial charge in [0, 0.05) is 5.56 Å². The van der Waals surface area contributed by atoms with Crippen LogP contribution < -0.4 is 4.74 Å². The SMILES string of the molecule is C=C.CC.COc1ccc(-c2cccc(O)c2)nc1C. The van der Waals surface area contributed by atoms with Crippen LogP contribution in [-0.2, 0) is 0 Å². The molecule has 0 aliphatic carbocycles. The van der Waals surface area contributed by atoms with E-state index in [1.165, 1.54) is 0 Å². The number of aryl methyl sites for hydroxylation is 1.